The van der Waals surface area contributed by atoms with Crippen molar-refractivity contribution in [3.63, 3.8) is 0 Å². The van der Waals surface area contributed by atoms with Gasteiger partial charge >= 0.3 is 0 Å². The molecule has 160 valence electrons. The Morgan fingerprint density at radius 1 is 0.833 bits per heavy atom. The van der Waals surface area contributed by atoms with Crippen molar-refractivity contribution in [1.29, 1.82) is 0 Å². The molecule has 0 spiro atoms. The minimum atomic E-state index is -2.50. The van der Waals surface area contributed by atoms with Crippen molar-refractivity contribution < 1.29 is 27.8 Å². The highest BCUT2D eigenvalue weighted by Gasteiger charge is 2.26. The van der Waals surface area contributed by atoms with E-state index in [1.54, 1.807) is 40.1 Å². The molecular formula is C21H22F2N2O4S. The second-order valence-corrected chi connectivity index (χ2v) is 7.62. The van der Waals surface area contributed by atoms with Gasteiger partial charge < -0.3 is 19.3 Å². The van der Waals surface area contributed by atoms with Gasteiger partial charge in [-0.15, -0.1) is 0 Å². The van der Waals surface area contributed by atoms with E-state index in [1.807, 2.05) is 0 Å². The van der Waals surface area contributed by atoms with Crippen LogP contribution in [0.4, 0.5) is 8.78 Å². The fourth-order valence-electron chi connectivity index (χ4n) is 3.23. The van der Waals surface area contributed by atoms with Crippen LogP contribution in [0.25, 0.3) is 0 Å². The summed E-state index contributed by atoms with van der Waals surface area (Å²) in [6.45, 7) is 1.59. The number of rotatable bonds is 6. The molecule has 0 aliphatic carbocycles. The van der Waals surface area contributed by atoms with Gasteiger partial charge in [-0.25, -0.2) is 0 Å². The number of carbonyl (C=O) groups excluding carboxylic acids is 2. The maximum Gasteiger partial charge on any atom is 0.288 e. The Labute approximate surface area is 177 Å². The first-order valence-corrected chi connectivity index (χ1v) is 10.2. The Morgan fingerprint density at radius 3 is 1.83 bits per heavy atom. The first-order chi connectivity index (χ1) is 14.4. The van der Waals surface area contributed by atoms with Crippen LogP contribution >= 0.6 is 11.8 Å². The van der Waals surface area contributed by atoms with Crippen molar-refractivity contribution in [3.8, 4) is 11.5 Å². The highest BCUT2D eigenvalue weighted by atomic mass is 32.2. The monoisotopic (exact) mass is 436 g/mol. The summed E-state index contributed by atoms with van der Waals surface area (Å²) in [5.74, 6) is -1.80. The standard InChI is InChI=1S/C21H22F2N2O4S/c1-28-17-8-5-15(13-18(17)29-2)20(27)25-11-9-24(10-12-25)19(26)14-3-6-16(7-4-14)30-21(22)23/h3-8,13,21H,9-12H2,1-2H3. The van der Waals surface area contributed by atoms with Gasteiger partial charge in [0, 0.05) is 42.2 Å². The minimum Gasteiger partial charge on any atom is -0.493 e. The van der Waals surface area contributed by atoms with Crippen LogP contribution in [0.5, 0.6) is 11.5 Å². The van der Waals surface area contributed by atoms with Crippen molar-refractivity contribution in [2.45, 2.75) is 10.7 Å². The highest BCUT2D eigenvalue weighted by Crippen LogP contribution is 2.28. The van der Waals surface area contributed by atoms with E-state index in [0.29, 0.717) is 65.5 Å². The Hall–Kier alpha value is -2.81. The van der Waals surface area contributed by atoms with Crippen LogP contribution in [-0.4, -0.2) is 67.8 Å². The molecular weight excluding hydrogens is 414 g/mol. The molecule has 1 heterocycles. The average Bonchev–Trinajstić information content (AvgIpc) is 2.78. The molecule has 2 aromatic rings. The van der Waals surface area contributed by atoms with Gasteiger partial charge in [-0.1, -0.05) is 11.8 Å². The number of benzene rings is 2. The van der Waals surface area contributed by atoms with Gasteiger partial charge in [0.2, 0.25) is 0 Å². The smallest absolute Gasteiger partial charge is 0.288 e. The molecule has 0 unspecified atom stereocenters. The molecule has 0 aromatic heterocycles. The summed E-state index contributed by atoms with van der Waals surface area (Å²) in [5.41, 5.74) is 0.924. The summed E-state index contributed by atoms with van der Waals surface area (Å²) in [5, 5.41) is 0. The number of halogens is 2. The lowest BCUT2D eigenvalue weighted by Gasteiger charge is -2.35. The lowest BCUT2D eigenvalue weighted by Crippen LogP contribution is -2.50. The van der Waals surface area contributed by atoms with E-state index in [1.165, 1.54) is 26.4 Å². The highest BCUT2D eigenvalue weighted by molar-refractivity contribution is 7.99. The maximum atomic E-state index is 12.8. The van der Waals surface area contributed by atoms with Crippen molar-refractivity contribution >= 4 is 23.6 Å². The Kier molecular flexibility index (Phi) is 7.15. The Bertz CT molecular complexity index is 900. The molecule has 0 atom stereocenters. The molecule has 1 aliphatic heterocycles. The van der Waals surface area contributed by atoms with Crippen LogP contribution in [-0.2, 0) is 0 Å². The quantitative estimate of drug-likeness (QED) is 0.648. The average molecular weight is 436 g/mol. The number of ether oxygens (including phenoxy) is 2. The third kappa shape index (κ3) is 5.02. The van der Waals surface area contributed by atoms with E-state index in [9.17, 15) is 18.4 Å². The third-order valence-corrected chi connectivity index (χ3v) is 5.53. The zero-order chi connectivity index (χ0) is 21.7. The molecule has 1 aliphatic rings. The zero-order valence-corrected chi connectivity index (χ0v) is 17.5. The second-order valence-electron chi connectivity index (χ2n) is 6.56. The second kappa shape index (κ2) is 9.80. The maximum absolute atomic E-state index is 12.8. The summed E-state index contributed by atoms with van der Waals surface area (Å²) in [7, 11) is 3.04. The number of nitrogens with zero attached hydrogens (tertiary/aromatic N) is 2. The Morgan fingerprint density at radius 2 is 1.33 bits per heavy atom. The van der Waals surface area contributed by atoms with Gasteiger partial charge in [-0.2, -0.15) is 8.78 Å². The van der Waals surface area contributed by atoms with Crippen LogP contribution in [0, 0.1) is 0 Å². The van der Waals surface area contributed by atoms with E-state index in [4.69, 9.17) is 9.47 Å². The molecule has 3 rings (SSSR count). The summed E-state index contributed by atoms with van der Waals surface area (Å²) in [6, 6.07) is 11.1. The van der Waals surface area contributed by atoms with Crippen LogP contribution in [0.3, 0.4) is 0 Å². The first kappa shape index (κ1) is 21.9. The minimum absolute atomic E-state index is 0.142. The summed E-state index contributed by atoms with van der Waals surface area (Å²) >= 11 is 0.441. The fraction of sp³-hybridized carbons (Fsp3) is 0.333. The van der Waals surface area contributed by atoms with Gasteiger partial charge in [0.25, 0.3) is 17.6 Å². The molecule has 0 saturated carbocycles. The lowest BCUT2D eigenvalue weighted by atomic mass is 10.1. The largest absolute Gasteiger partial charge is 0.493 e. The number of alkyl halides is 2. The SMILES string of the molecule is COc1ccc(C(=O)N2CCN(C(=O)c3ccc(SC(F)F)cc3)CC2)cc1OC. The number of thioether (sulfide) groups is 1. The van der Waals surface area contributed by atoms with Crippen molar-refractivity contribution in [2.24, 2.45) is 0 Å². The number of amides is 2. The summed E-state index contributed by atoms with van der Waals surface area (Å²) in [6.07, 6.45) is 0. The van der Waals surface area contributed by atoms with Gasteiger partial charge in [0.05, 0.1) is 14.2 Å². The van der Waals surface area contributed by atoms with E-state index in [0.717, 1.165) is 0 Å². The molecule has 1 fully saturated rings. The third-order valence-electron chi connectivity index (χ3n) is 4.81. The summed E-state index contributed by atoms with van der Waals surface area (Å²) < 4.78 is 35.3. The molecule has 9 heteroatoms. The number of hydrogen-bond acceptors (Lipinski definition) is 5. The fourth-order valence-corrected chi connectivity index (χ4v) is 3.72. The number of methoxy groups -OCH3 is 2. The zero-order valence-electron chi connectivity index (χ0n) is 16.6. The molecule has 0 radical (unpaired) electrons. The van der Waals surface area contributed by atoms with Crippen molar-refractivity contribution in [1.82, 2.24) is 9.80 Å². The predicted molar refractivity (Wildman–Crippen MR) is 110 cm³/mol. The lowest BCUT2D eigenvalue weighted by molar-refractivity contribution is 0.0535. The topological polar surface area (TPSA) is 59.1 Å². The van der Waals surface area contributed by atoms with Gasteiger partial charge in [0.1, 0.15) is 0 Å². The van der Waals surface area contributed by atoms with Crippen molar-refractivity contribution in [3.05, 3.63) is 53.6 Å². The summed E-state index contributed by atoms with van der Waals surface area (Å²) in [4.78, 5) is 29.2. The van der Waals surface area contributed by atoms with Gasteiger partial charge in [-0.3, -0.25) is 9.59 Å². The molecule has 0 N–H and O–H groups in total. The van der Waals surface area contributed by atoms with Gasteiger partial charge in [-0.05, 0) is 42.5 Å². The first-order valence-electron chi connectivity index (χ1n) is 9.28. The molecule has 2 amide bonds. The van der Waals surface area contributed by atoms with E-state index in [-0.39, 0.29) is 11.8 Å². The number of carbonyl (C=O) groups is 2. The normalized spacial score (nSPS) is 14.0. The van der Waals surface area contributed by atoms with Crippen molar-refractivity contribution in [2.75, 3.05) is 40.4 Å². The van der Waals surface area contributed by atoms with Crippen LogP contribution in [0.15, 0.2) is 47.4 Å². The van der Waals surface area contributed by atoms with Crippen LogP contribution in [0.1, 0.15) is 20.7 Å². The van der Waals surface area contributed by atoms with E-state index < -0.39 is 5.76 Å². The van der Waals surface area contributed by atoms with Gasteiger partial charge in [0.15, 0.2) is 11.5 Å². The number of piperazine rings is 1. The van der Waals surface area contributed by atoms with Crippen LogP contribution in [0.2, 0.25) is 0 Å². The van der Waals surface area contributed by atoms with Crippen LogP contribution < -0.4 is 9.47 Å². The van der Waals surface area contributed by atoms with E-state index in [2.05, 4.69) is 0 Å². The van der Waals surface area contributed by atoms with E-state index >= 15 is 0 Å². The molecule has 0 bridgehead atoms. The molecule has 6 nitrogen and oxygen atoms in total. The molecule has 30 heavy (non-hydrogen) atoms. The number of hydrogen-bond donors (Lipinski definition) is 0. The molecule has 1 saturated heterocycles. The molecule has 2 aromatic carbocycles. The Balaban J connectivity index is 1.60. The predicted octanol–water partition coefficient (Wildman–Crippen LogP) is 3.62.